The Balaban J connectivity index is 1.60. The number of fused-ring (bicyclic) bond motifs is 1. The quantitative estimate of drug-likeness (QED) is 0.241. The van der Waals surface area contributed by atoms with E-state index in [1.54, 1.807) is 30.3 Å². The van der Waals surface area contributed by atoms with Crippen LogP contribution in [0.5, 0.6) is 5.75 Å². The van der Waals surface area contributed by atoms with E-state index < -0.39 is 5.97 Å². The maximum atomic E-state index is 12.7. The number of ether oxygens (including phenoxy) is 1. The van der Waals surface area contributed by atoms with Crippen LogP contribution in [-0.4, -0.2) is 18.1 Å². The molecule has 0 spiro atoms. The number of esters is 1. The van der Waals surface area contributed by atoms with Gasteiger partial charge in [-0.05, 0) is 41.8 Å². The fourth-order valence-corrected chi connectivity index (χ4v) is 4.11. The molecule has 0 bridgehead atoms. The third-order valence-electron chi connectivity index (χ3n) is 5.57. The molecule has 1 N–H and O–H groups in total. The standard InChI is InChI=1S/C25H23ClN2O3/c26-22-13-7-6-12-20(22)25(30)31-23-15-14-17-8-4-5-11-19(17)21(23)16-27-28-24(29)18-9-2-1-3-10-18/h4-8,11-16,18H,1-3,9-10H2,(H,28,29)/b27-16-. The summed E-state index contributed by atoms with van der Waals surface area (Å²) in [5, 5.41) is 6.34. The number of benzene rings is 3. The first-order valence-corrected chi connectivity index (χ1v) is 10.8. The number of hydrogen-bond donors (Lipinski definition) is 1. The van der Waals surface area contributed by atoms with Gasteiger partial charge in [-0.3, -0.25) is 4.79 Å². The van der Waals surface area contributed by atoms with Crippen molar-refractivity contribution in [2.24, 2.45) is 11.0 Å². The van der Waals surface area contributed by atoms with E-state index in [0.717, 1.165) is 36.5 Å². The number of hydrazone groups is 1. The van der Waals surface area contributed by atoms with Gasteiger partial charge in [0.25, 0.3) is 0 Å². The highest BCUT2D eigenvalue weighted by Crippen LogP contribution is 2.28. The Labute approximate surface area is 186 Å². The van der Waals surface area contributed by atoms with Gasteiger partial charge in [0.1, 0.15) is 5.75 Å². The van der Waals surface area contributed by atoms with E-state index in [4.69, 9.17) is 16.3 Å². The third-order valence-corrected chi connectivity index (χ3v) is 5.90. The zero-order valence-corrected chi connectivity index (χ0v) is 17.8. The normalized spacial score (nSPS) is 14.6. The van der Waals surface area contributed by atoms with Gasteiger partial charge in [-0.25, -0.2) is 10.2 Å². The van der Waals surface area contributed by atoms with Gasteiger partial charge in [0.05, 0.1) is 16.8 Å². The molecule has 0 atom stereocenters. The number of carbonyl (C=O) groups is 2. The van der Waals surface area contributed by atoms with Crippen LogP contribution in [0.3, 0.4) is 0 Å². The maximum Gasteiger partial charge on any atom is 0.345 e. The van der Waals surface area contributed by atoms with E-state index in [0.29, 0.717) is 16.3 Å². The maximum absolute atomic E-state index is 12.7. The van der Waals surface area contributed by atoms with Gasteiger partial charge in [0.2, 0.25) is 5.91 Å². The summed E-state index contributed by atoms with van der Waals surface area (Å²) in [6.45, 7) is 0. The molecule has 3 aromatic carbocycles. The molecule has 0 aromatic heterocycles. The van der Waals surface area contributed by atoms with Gasteiger partial charge < -0.3 is 4.74 Å². The summed E-state index contributed by atoms with van der Waals surface area (Å²) < 4.78 is 5.67. The zero-order valence-electron chi connectivity index (χ0n) is 17.0. The van der Waals surface area contributed by atoms with E-state index in [9.17, 15) is 9.59 Å². The van der Waals surface area contributed by atoms with E-state index in [1.807, 2.05) is 30.3 Å². The number of amides is 1. The molecule has 158 valence electrons. The smallest absolute Gasteiger partial charge is 0.345 e. The molecule has 0 aliphatic heterocycles. The molecule has 0 unspecified atom stereocenters. The Morgan fingerprint density at radius 1 is 0.968 bits per heavy atom. The van der Waals surface area contributed by atoms with Gasteiger partial charge in [-0.15, -0.1) is 0 Å². The van der Waals surface area contributed by atoms with Crippen LogP contribution in [-0.2, 0) is 4.79 Å². The molecule has 1 amide bonds. The van der Waals surface area contributed by atoms with Crippen LogP contribution in [0.15, 0.2) is 65.8 Å². The Bertz CT molecular complexity index is 1140. The topological polar surface area (TPSA) is 67.8 Å². The molecule has 6 heteroatoms. The second kappa shape index (κ2) is 9.75. The first-order chi connectivity index (χ1) is 15.1. The number of nitrogens with zero attached hydrogens (tertiary/aromatic N) is 1. The minimum Gasteiger partial charge on any atom is -0.422 e. The van der Waals surface area contributed by atoms with Crippen molar-refractivity contribution in [3.05, 3.63) is 76.8 Å². The largest absolute Gasteiger partial charge is 0.422 e. The number of rotatable bonds is 5. The average molecular weight is 435 g/mol. The predicted molar refractivity (Wildman–Crippen MR) is 123 cm³/mol. The zero-order chi connectivity index (χ0) is 21.6. The Morgan fingerprint density at radius 3 is 2.52 bits per heavy atom. The fourth-order valence-electron chi connectivity index (χ4n) is 3.90. The summed E-state index contributed by atoms with van der Waals surface area (Å²) in [5.41, 5.74) is 3.55. The lowest BCUT2D eigenvalue weighted by atomic mass is 9.89. The van der Waals surface area contributed by atoms with Crippen LogP contribution in [0.4, 0.5) is 0 Å². The number of hydrogen-bond acceptors (Lipinski definition) is 4. The number of halogens is 1. The Kier molecular flexibility index (Phi) is 6.63. The average Bonchev–Trinajstić information content (AvgIpc) is 2.81. The summed E-state index contributed by atoms with van der Waals surface area (Å²) >= 11 is 6.14. The van der Waals surface area contributed by atoms with Crippen LogP contribution in [0.25, 0.3) is 10.8 Å². The summed E-state index contributed by atoms with van der Waals surface area (Å²) in [5.74, 6) is -0.261. The molecule has 4 rings (SSSR count). The van der Waals surface area contributed by atoms with Gasteiger partial charge in [0.15, 0.2) is 0 Å². The van der Waals surface area contributed by atoms with Crippen molar-refractivity contribution in [2.45, 2.75) is 32.1 Å². The fraction of sp³-hybridized carbons (Fsp3) is 0.240. The molecule has 1 saturated carbocycles. The SMILES string of the molecule is O=C(Oc1ccc2ccccc2c1/C=N\NC(=O)C1CCCCC1)c1ccccc1Cl. The first kappa shape index (κ1) is 21.1. The van der Waals surface area contributed by atoms with Crippen molar-refractivity contribution in [3.63, 3.8) is 0 Å². The third kappa shape index (κ3) is 4.94. The molecule has 0 saturated heterocycles. The Hall–Kier alpha value is -3.18. The van der Waals surface area contributed by atoms with Crippen molar-refractivity contribution in [2.75, 3.05) is 0 Å². The van der Waals surface area contributed by atoms with Crippen molar-refractivity contribution < 1.29 is 14.3 Å². The van der Waals surface area contributed by atoms with Crippen LogP contribution >= 0.6 is 11.6 Å². The molecule has 1 fully saturated rings. The van der Waals surface area contributed by atoms with Crippen LogP contribution < -0.4 is 10.2 Å². The monoisotopic (exact) mass is 434 g/mol. The second-order valence-electron chi connectivity index (χ2n) is 7.64. The summed E-state index contributed by atoms with van der Waals surface area (Å²) in [4.78, 5) is 25.1. The minimum atomic E-state index is -0.554. The molecule has 1 aliphatic carbocycles. The highest BCUT2D eigenvalue weighted by molar-refractivity contribution is 6.33. The molecular formula is C25H23ClN2O3. The van der Waals surface area contributed by atoms with E-state index in [1.165, 1.54) is 12.6 Å². The lowest BCUT2D eigenvalue weighted by molar-refractivity contribution is -0.125. The van der Waals surface area contributed by atoms with Crippen LogP contribution in [0, 0.1) is 5.92 Å². The summed E-state index contributed by atoms with van der Waals surface area (Å²) in [6.07, 6.45) is 6.68. The van der Waals surface area contributed by atoms with E-state index >= 15 is 0 Å². The number of carbonyl (C=O) groups excluding carboxylic acids is 2. The molecule has 31 heavy (non-hydrogen) atoms. The van der Waals surface area contributed by atoms with Crippen molar-refractivity contribution in [1.82, 2.24) is 5.43 Å². The van der Waals surface area contributed by atoms with Crippen LogP contribution in [0.2, 0.25) is 5.02 Å². The minimum absolute atomic E-state index is 0.0101. The first-order valence-electron chi connectivity index (χ1n) is 10.4. The summed E-state index contributed by atoms with van der Waals surface area (Å²) in [6, 6.07) is 18.1. The van der Waals surface area contributed by atoms with Gasteiger partial charge in [0, 0.05) is 11.5 Å². The van der Waals surface area contributed by atoms with Crippen molar-refractivity contribution in [1.29, 1.82) is 0 Å². The molecule has 0 heterocycles. The molecule has 3 aromatic rings. The summed E-state index contributed by atoms with van der Waals surface area (Å²) in [7, 11) is 0. The highest BCUT2D eigenvalue weighted by Gasteiger charge is 2.21. The predicted octanol–water partition coefficient (Wildman–Crippen LogP) is 5.74. The second-order valence-corrected chi connectivity index (χ2v) is 8.04. The van der Waals surface area contributed by atoms with Gasteiger partial charge in [-0.2, -0.15) is 5.10 Å². The van der Waals surface area contributed by atoms with Gasteiger partial charge in [-0.1, -0.05) is 73.3 Å². The molecule has 1 aliphatic rings. The van der Waals surface area contributed by atoms with Crippen LogP contribution in [0.1, 0.15) is 48.0 Å². The van der Waals surface area contributed by atoms with Crippen molar-refractivity contribution in [3.8, 4) is 5.75 Å². The van der Waals surface area contributed by atoms with Gasteiger partial charge >= 0.3 is 5.97 Å². The lowest BCUT2D eigenvalue weighted by Crippen LogP contribution is -2.28. The number of nitrogens with one attached hydrogen (secondary N) is 1. The molecule has 0 radical (unpaired) electrons. The van der Waals surface area contributed by atoms with E-state index in [-0.39, 0.29) is 17.4 Å². The molecular weight excluding hydrogens is 412 g/mol. The Morgan fingerprint density at radius 2 is 1.71 bits per heavy atom. The van der Waals surface area contributed by atoms with Crippen molar-refractivity contribution >= 4 is 40.5 Å². The highest BCUT2D eigenvalue weighted by atomic mass is 35.5. The van der Waals surface area contributed by atoms with E-state index in [2.05, 4.69) is 10.5 Å². The molecule has 5 nitrogen and oxygen atoms in total. The lowest BCUT2D eigenvalue weighted by Gasteiger charge is -2.19.